The van der Waals surface area contributed by atoms with E-state index in [1.807, 2.05) is 7.05 Å². The van der Waals surface area contributed by atoms with Crippen molar-refractivity contribution in [3.8, 4) is 0 Å². The second-order valence-corrected chi connectivity index (χ2v) is 3.74. The lowest BCUT2D eigenvalue weighted by Gasteiger charge is -2.28. The van der Waals surface area contributed by atoms with Gasteiger partial charge in [-0.3, -0.25) is 0 Å². The molecule has 0 saturated heterocycles. The number of carbonyl (C=O) groups excluding carboxylic acids is 1. The quantitative estimate of drug-likeness (QED) is 0.532. The summed E-state index contributed by atoms with van der Waals surface area (Å²) in [6.45, 7) is 0.428. The van der Waals surface area contributed by atoms with Gasteiger partial charge in [0.1, 0.15) is 0 Å². The Hall–Kier alpha value is -0.990. The van der Waals surface area contributed by atoms with Crippen molar-refractivity contribution in [2.45, 2.75) is 32.1 Å². The fraction of sp³-hybridized carbons (Fsp3) is 0.700. The first-order chi connectivity index (χ1) is 6.29. The van der Waals surface area contributed by atoms with E-state index in [4.69, 9.17) is 4.74 Å². The van der Waals surface area contributed by atoms with Crippen molar-refractivity contribution in [2.24, 2.45) is 0 Å². The number of ether oxygens (including phenoxy) is 1. The minimum atomic E-state index is -0.0880. The summed E-state index contributed by atoms with van der Waals surface area (Å²) in [7, 11) is 1.99. The Labute approximate surface area is 78.4 Å². The number of esters is 1. The Kier molecular flexibility index (Phi) is 2.25. The molecule has 1 aliphatic heterocycles. The monoisotopic (exact) mass is 181 g/mol. The predicted octanol–water partition coefficient (Wildman–Crippen LogP) is 1.65. The third kappa shape index (κ3) is 1.55. The minimum Gasteiger partial charge on any atom is -0.441 e. The smallest absolute Gasteiger partial charge is 0.337 e. The molecule has 0 aromatic carbocycles. The summed E-state index contributed by atoms with van der Waals surface area (Å²) in [4.78, 5) is 13.5. The van der Waals surface area contributed by atoms with Crippen LogP contribution in [0.1, 0.15) is 32.1 Å². The van der Waals surface area contributed by atoms with Crippen LogP contribution in [0.5, 0.6) is 0 Å². The highest BCUT2D eigenvalue weighted by molar-refractivity contribution is 5.89. The van der Waals surface area contributed by atoms with Crippen molar-refractivity contribution < 1.29 is 9.53 Å². The average molecular weight is 181 g/mol. The predicted molar refractivity (Wildman–Crippen MR) is 48.8 cm³/mol. The molecule has 3 heteroatoms. The lowest BCUT2D eigenvalue weighted by Crippen LogP contribution is -2.31. The van der Waals surface area contributed by atoms with E-state index in [0.29, 0.717) is 6.73 Å². The first-order valence-electron chi connectivity index (χ1n) is 4.89. The van der Waals surface area contributed by atoms with Gasteiger partial charge in [0.15, 0.2) is 6.73 Å². The number of rotatable bonds is 0. The van der Waals surface area contributed by atoms with Gasteiger partial charge in [-0.15, -0.1) is 0 Å². The van der Waals surface area contributed by atoms with Crippen LogP contribution in [0.15, 0.2) is 11.3 Å². The van der Waals surface area contributed by atoms with Crippen molar-refractivity contribution in [1.82, 2.24) is 4.90 Å². The summed E-state index contributed by atoms with van der Waals surface area (Å²) >= 11 is 0. The van der Waals surface area contributed by atoms with Crippen LogP contribution in [0.4, 0.5) is 0 Å². The molecule has 0 fully saturated rings. The Balaban J connectivity index is 2.30. The molecule has 13 heavy (non-hydrogen) atoms. The first kappa shape index (κ1) is 8.60. The summed E-state index contributed by atoms with van der Waals surface area (Å²) in [6, 6.07) is 0. The molecular formula is C10H15NO2. The van der Waals surface area contributed by atoms with Gasteiger partial charge in [0.25, 0.3) is 0 Å². The lowest BCUT2D eigenvalue weighted by molar-refractivity contribution is -0.145. The Morgan fingerprint density at radius 1 is 1.23 bits per heavy atom. The molecule has 0 unspecified atom stereocenters. The molecule has 0 bridgehead atoms. The third-order valence-corrected chi connectivity index (χ3v) is 2.79. The summed E-state index contributed by atoms with van der Waals surface area (Å²) in [5.74, 6) is -0.0880. The van der Waals surface area contributed by atoms with Crippen LogP contribution in [-0.4, -0.2) is 24.6 Å². The molecule has 0 radical (unpaired) electrons. The van der Waals surface area contributed by atoms with Crippen molar-refractivity contribution in [2.75, 3.05) is 13.8 Å². The van der Waals surface area contributed by atoms with Gasteiger partial charge in [-0.25, -0.2) is 4.79 Å². The zero-order valence-corrected chi connectivity index (χ0v) is 8.01. The molecule has 0 atom stereocenters. The van der Waals surface area contributed by atoms with Gasteiger partial charge in [0, 0.05) is 12.7 Å². The maximum atomic E-state index is 11.4. The molecule has 0 saturated carbocycles. The summed E-state index contributed by atoms with van der Waals surface area (Å²) < 4.78 is 5.04. The lowest BCUT2D eigenvalue weighted by atomic mass is 10.1. The highest BCUT2D eigenvalue weighted by Crippen LogP contribution is 2.28. The molecule has 1 aliphatic carbocycles. The van der Waals surface area contributed by atoms with E-state index in [0.717, 1.165) is 24.8 Å². The standard InChI is InChI=1S/C10H15NO2/c1-11-7-13-10(12)8-5-3-2-4-6-9(8)11/h2-7H2,1H3. The zero-order valence-electron chi connectivity index (χ0n) is 8.01. The van der Waals surface area contributed by atoms with Gasteiger partial charge in [0.05, 0.1) is 5.57 Å². The van der Waals surface area contributed by atoms with Gasteiger partial charge in [-0.05, 0) is 25.7 Å². The Bertz CT molecular complexity index is 258. The number of cyclic esters (lactones) is 1. The van der Waals surface area contributed by atoms with E-state index in [1.165, 1.54) is 18.5 Å². The molecule has 0 N–H and O–H groups in total. The number of hydrogen-bond acceptors (Lipinski definition) is 3. The average Bonchev–Trinajstić information content (AvgIpc) is 2.37. The zero-order chi connectivity index (χ0) is 9.26. The van der Waals surface area contributed by atoms with Gasteiger partial charge in [0.2, 0.25) is 0 Å². The summed E-state index contributed by atoms with van der Waals surface area (Å²) in [5, 5.41) is 0. The van der Waals surface area contributed by atoms with E-state index >= 15 is 0 Å². The second kappa shape index (κ2) is 3.40. The molecule has 0 aromatic heterocycles. The largest absolute Gasteiger partial charge is 0.441 e. The van der Waals surface area contributed by atoms with E-state index < -0.39 is 0 Å². The van der Waals surface area contributed by atoms with Gasteiger partial charge >= 0.3 is 5.97 Å². The number of hydrogen-bond donors (Lipinski definition) is 0. The van der Waals surface area contributed by atoms with Gasteiger partial charge < -0.3 is 9.64 Å². The second-order valence-electron chi connectivity index (χ2n) is 3.74. The molecule has 2 aliphatic rings. The van der Waals surface area contributed by atoms with Crippen LogP contribution in [0.2, 0.25) is 0 Å². The van der Waals surface area contributed by atoms with Crippen molar-refractivity contribution in [3.05, 3.63) is 11.3 Å². The van der Waals surface area contributed by atoms with E-state index in [-0.39, 0.29) is 5.97 Å². The SMILES string of the molecule is CN1COC(=O)C2=C1CCCCC2. The molecule has 1 heterocycles. The van der Waals surface area contributed by atoms with Gasteiger partial charge in [-0.1, -0.05) is 6.42 Å². The van der Waals surface area contributed by atoms with Crippen LogP contribution < -0.4 is 0 Å². The number of carbonyl (C=O) groups is 1. The van der Waals surface area contributed by atoms with Crippen LogP contribution in [0, 0.1) is 0 Å². The maximum Gasteiger partial charge on any atom is 0.337 e. The number of nitrogens with zero attached hydrogens (tertiary/aromatic N) is 1. The van der Waals surface area contributed by atoms with Crippen molar-refractivity contribution >= 4 is 5.97 Å². The molecule has 3 nitrogen and oxygen atoms in total. The molecular weight excluding hydrogens is 166 g/mol. The molecule has 0 aromatic rings. The maximum absolute atomic E-state index is 11.4. The molecule has 0 spiro atoms. The molecule has 72 valence electrons. The number of allylic oxidation sites excluding steroid dienone is 1. The van der Waals surface area contributed by atoms with Crippen LogP contribution in [0.25, 0.3) is 0 Å². The highest BCUT2D eigenvalue weighted by atomic mass is 16.5. The molecule has 0 amide bonds. The fourth-order valence-electron chi connectivity index (χ4n) is 2.03. The van der Waals surface area contributed by atoms with E-state index in [1.54, 1.807) is 0 Å². The van der Waals surface area contributed by atoms with Crippen LogP contribution in [-0.2, 0) is 9.53 Å². The van der Waals surface area contributed by atoms with Crippen molar-refractivity contribution in [1.29, 1.82) is 0 Å². The van der Waals surface area contributed by atoms with Crippen molar-refractivity contribution in [3.63, 3.8) is 0 Å². The molecule has 2 rings (SSSR count). The van der Waals surface area contributed by atoms with E-state index in [9.17, 15) is 4.79 Å². The third-order valence-electron chi connectivity index (χ3n) is 2.79. The Morgan fingerprint density at radius 3 is 2.85 bits per heavy atom. The topological polar surface area (TPSA) is 29.5 Å². The first-order valence-corrected chi connectivity index (χ1v) is 4.89. The highest BCUT2D eigenvalue weighted by Gasteiger charge is 2.25. The summed E-state index contributed by atoms with van der Waals surface area (Å²) in [6.07, 6.45) is 5.51. The minimum absolute atomic E-state index is 0.0880. The van der Waals surface area contributed by atoms with Crippen LogP contribution in [0.3, 0.4) is 0 Å². The Morgan fingerprint density at radius 2 is 2.00 bits per heavy atom. The van der Waals surface area contributed by atoms with Crippen LogP contribution >= 0.6 is 0 Å². The normalized spacial score (nSPS) is 23.8. The summed E-state index contributed by atoms with van der Waals surface area (Å²) in [5.41, 5.74) is 2.14. The fourth-order valence-corrected chi connectivity index (χ4v) is 2.03. The van der Waals surface area contributed by atoms with Gasteiger partial charge in [-0.2, -0.15) is 0 Å². The van der Waals surface area contributed by atoms with E-state index in [2.05, 4.69) is 4.90 Å².